The average Bonchev–Trinajstić information content (AvgIpc) is 4.04. The molecule has 2 aliphatic carbocycles. The van der Waals surface area contributed by atoms with Gasteiger partial charge in [-0.05, 0) is 113 Å². The van der Waals surface area contributed by atoms with Gasteiger partial charge in [-0.25, -0.2) is 44.4 Å². The number of alkyl halides is 4. The van der Waals surface area contributed by atoms with E-state index in [4.69, 9.17) is 20.4 Å². The highest BCUT2D eigenvalue weighted by Gasteiger charge is 2.39. The zero-order chi connectivity index (χ0) is 50.7. The molecule has 0 unspecified atom stereocenters. The number of aromatic nitrogens is 4. The van der Waals surface area contributed by atoms with Crippen LogP contribution in [0.1, 0.15) is 145 Å². The van der Waals surface area contributed by atoms with Crippen LogP contribution in [-0.2, 0) is 53.5 Å². The molecule has 2 aliphatic heterocycles. The van der Waals surface area contributed by atoms with Crippen LogP contribution in [0.15, 0.2) is 46.2 Å². The lowest BCUT2D eigenvalue weighted by Gasteiger charge is -2.30. The normalized spacial score (nSPS) is 22.3. The third-order valence-electron chi connectivity index (χ3n) is 13.9. The van der Waals surface area contributed by atoms with Crippen LogP contribution in [0.3, 0.4) is 0 Å². The van der Waals surface area contributed by atoms with Gasteiger partial charge in [-0.3, -0.25) is 4.79 Å². The molecule has 4 fully saturated rings. The van der Waals surface area contributed by atoms with E-state index in [1.807, 2.05) is 41.5 Å². The summed E-state index contributed by atoms with van der Waals surface area (Å²) in [5, 5.41) is 0. The van der Waals surface area contributed by atoms with Crippen molar-refractivity contribution in [3.63, 3.8) is 0 Å². The van der Waals surface area contributed by atoms with Gasteiger partial charge in [0.05, 0.1) is 31.9 Å². The predicted octanol–water partition coefficient (Wildman–Crippen LogP) is 10.2. The number of carbonyl (C=O) groups excluding carboxylic acids is 1. The van der Waals surface area contributed by atoms with Crippen LogP contribution in [0.25, 0.3) is 22.1 Å². The highest BCUT2D eigenvalue weighted by Crippen LogP contribution is 2.40. The molecule has 8 rings (SSSR count). The Labute approximate surface area is 418 Å². The van der Waals surface area contributed by atoms with Crippen molar-refractivity contribution in [2.75, 3.05) is 26.2 Å². The van der Waals surface area contributed by atoms with Crippen LogP contribution in [-0.4, -0.2) is 100 Å². The number of carbonyl (C=O) groups is 1. The first-order valence-electron chi connectivity index (χ1n) is 24.6. The lowest BCUT2D eigenvalue weighted by atomic mass is 9.86. The molecule has 70 heavy (non-hydrogen) atoms. The largest absolute Gasteiger partial charge is 0.460 e. The number of imidazole rings is 2. The fourth-order valence-corrected chi connectivity index (χ4v) is 13.3. The van der Waals surface area contributed by atoms with Gasteiger partial charge in [0.2, 0.25) is 31.9 Å². The Bertz CT molecular complexity index is 2730. The van der Waals surface area contributed by atoms with Crippen molar-refractivity contribution in [3.8, 4) is 0 Å². The molecule has 392 valence electrons. The third-order valence-corrected chi connectivity index (χ3v) is 17.6. The van der Waals surface area contributed by atoms with E-state index >= 15 is 0 Å². The van der Waals surface area contributed by atoms with E-state index in [-0.39, 0.29) is 101 Å². The molecular formula is C50H74ClF4N7O6S2. The number of nitrogens with two attached hydrogens (primary N) is 1. The molecule has 4 heterocycles. The maximum atomic E-state index is 13.7. The van der Waals surface area contributed by atoms with Crippen LogP contribution in [0.4, 0.5) is 17.6 Å². The molecule has 0 spiro atoms. The molecule has 20 heteroatoms. The molecule has 2 aromatic carbocycles. The van der Waals surface area contributed by atoms with E-state index in [2.05, 4.69) is 29.9 Å². The van der Waals surface area contributed by atoms with Crippen molar-refractivity contribution in [2.45, 2.75) is 190 Å². The lowest BCUT2D eigenvalue weighted by Crippen LogP contribution is -2.31. The fraction of sp³-hybridized carbons (Fsp3) is 0.700. The first kappa shape index (κ1) is 55.9. The highest BCUT2D eigenvalue weighted by atomic mass is 35.5. The van der Waals surface area contributed by atoms with Crippen molar-refractivity contribution in [1.82, 2.24) is 27.7 Å². The number of nitrogens with zero attached hydrogens (tertiary/aromatic N) is 6. The highest BCUT2D eigenvalue weighted by molar-refractivity contribution is 7.89. The molecule has 2 saturated carbocycles. The molecule has 13 nitrogen and oxygen atoms in total. The number of rotatable bonds is 10. The topological polar surface area (TPSA) is 163 Å². The van der Waals surface area contributed by atoms with Gasteiger partial charge < -0.3 is 19.6 Å². The number of fused-ring (bicyclic) bond motifs is 2. The summed E-state index contributed by atoms with van der Waals surface area (Å²) < 4.78 is 120. The Kier molecular flexibility index (Phi) is 16.4. The minimum absolute atomic E-state index is 0. The Balaban J connectivity index is 0.000000231. The summed E-state index contributed by atoms with van der Waals surface area (Å²) in [6.45, 7) is 20.3. The number of sulfonamides is 2. The Morgan fingerprint density at radius 2 is 1.04 bits per heavy atom. The fourth-order valence-electron chi connectivity index (χ4n) is 10.2. The Morgan fingerprint density at radius 3 is 1.41 bits per heavy atom. The van der Waals surface area contributed by atoms with Crippen molar-refractivity contribution in [3.05, 3.63) is 48.0 Å². The van der Waals surface area contributed by atoms with E-state index in [1.165, 1.54) is 8.61 Å². The lowest BCUT2D eigenvalue weighted by molar-refractivity contribution is -0.155. The Morgan fingerprint density at radius 1 is 0.643 bits per heavy atom. The van der Waals surface area contributed by atoms with Crippen molar-refractivity contribution in [2.24, 2.45) is 23.5 Å². The summed E-state index contributed by atoms with van der Waals surface area (Å²) in [5.41, 5.74) is 7.62. The van der Waals surface area contributed by atoms with Crippen LogP contribution in [0.5, 0.6) is 0 Å². The molecule has 4 aromatic rings. The zero-order valence-corrected chi connectivity index (χ0v) is 44.7. The van der Waals surface area contributed by atoms with Crippen molar-refractivity contribution >= 4 is 60.5 Å². The van der Waals surface area contributed by atoms with Gasteiger partial charge in [-0.15, -0.1) is 12.4 Å². The first-order chi connectivity index (χ1) is 31.8. The molecule has 2 N–H and O–H groups in total. The molecular weight excluding hydrogens is 970 g/mol. The van der Waals surface area contributed by atoms with E-state index in [9.17, 15) is 39.2 Å². The first-order valence-corrected chi connectivity index (χ1v) is 27.4. The van der Waals surface area contributed by atoms with Gasteiger partial charge in [0, 0.05) is 88.2 Å². The standard InChI is InChI=1S/C28H41F2N3O4S.C22H32F2N4O2S.ClH/c1-26(2,3)25-31-22-16-21(7-8-23(22)33(25)18-19-9-12-28(29,30)13-10-19)38(35,36)32-14-11-20(17-32)15-24(34)37-27(4,5)6;1-21(2,3)20-26-18-12-17(31(29,30)27-11-8-16(25)14-27)4-5-19(18)28(20)13-15-6-9-22(23,24)10-7-15;/h7-8,16,19-20H,9-15,17-18H2,1-6H3;4-5,12,15-16H,6-11,13-14,25H2,1-3H3;1H/t20-;16-;/m10./s1. The summed E-state index contributed by atoms with van der Waals surface area (Å²) in [4.78, 5) is 22.3. The second kappa shape index (κ2) is 20.5. The number of benzene rings is 2. The summed E-state index contributed by atoms with van der Waals surface area (Å²) in [5.74, 6) is -3.58. The van der Waals surface area contributed by atoms with Gasteiger partial charge in [-0.2, -0.15) is 8.61 Å². The van der Waals surface area contributed by atoms with Gasteiger partial charge in [-0.1, -0.05) is 41.5 Å². The minimum Gasteiger partial charge on any atom is -0.460 e. The van der Waals surface area contributed by atoms with E-state index in [0.29, 0.717) is 82.3 Å². The number of hydrogen-bond donors (Lipinski definition) is 1. The molecule has 0 radical (unpaired) electrons. The minimum atomic E-state index is -3.76. The van der Waals surface area contributed by atoms with Crippen molar-refractivity contribution in [1.29, 1.82) is 0 Å². The predicted molar refractivity (Wildman–Crippen MR) is 267 cm³/mol. The number of hydrogen-bond acceptors (Lipinski definition) is 9. The van der Waals surface area contributed by atoms with Crippen LogP contribution < -0.4 is 5.73 Å². The number of ether oxygens (including phenoxy) is 1. The zero-order valence-electron chi connectivity index (χ0n) is 42.2. The second-order valence-corrected chi connectivity index (χ2v) is 27.1. The monoisotopic (exact) mass is 1040 g/mol. The van der Waals surface area contributed by atoms with Crippen LogP contribution >= 0.6 is 12.4 Å². The van der Waals surface area contributed by atoms with Gasteiger partial charge in [0.25, 0.3) is 0 Å². The summed E-state index contributed by atoms with van der Waals surface area (Å²) >= 11 is 0. The van der Waals surface area contributed by atoms with Gasteiger partial charge in [0.15, 0.2) is 0 Å². The van der Waals surface area contributed by atoms with Gasteiger partial charge >= 0.3 is 5.97 Å². The quantitative estimate of drug-likeness (QED) is 0.120. The van der Waals surface area contributed by atoms with E-state index < -0.39 is 37.5 Å². The third kappa shape index (κ3) is 13.0. The number of halogens is 5. The van der Waals surface area contributed by atoms with Crippen molar-refractivity contribution < 1.29 is 43.9 Å². The van der Waals surface area contributed by atoms with Crippen LogP contribution in [0, 0.1) is 17.8 Å². The molecule has 4 aliphatic rings. The second-order valence-electron chi connectivity index (χ2n) is 23.2. The Hall–Kier alpha value is -3.36. The molecule has 0 bridgehead atoms. The molecule has 2 saturated heterocycles. The molecule has 0 amide bonds. The average molecular weight is 1040 g/mol. The maximum Gasteiger partial charge on any atom is 0.306 e. The van der Waals surface area contributed by atoms with E-state index in [0.717, 1.165) is 22.7 Å². The van der Waals surface area contributed by atoms with E-state index in [1.54, 1.807) is 36.4 Å². The SMILES string of the molecule is CC(C)(C)OC(=O)C[C@H]1CCN(S(=O)(=O)c2ccc3c(c2)nc(C(C)(C)C)n3CC2CCC(F)(F)CC2)C1.CC(C)(C)c1nc2cc(S(=O)(=O)N3CC[C@H](N)C3)ccc2n1CC1CCC(F)(F)CC1.Cl. The van der Waals surface area contributed by atoms with Gasteiger partial charge in [0.1, 0.15) is 17.2 Å². The summed E-state index contributed by atoms with van der Waals surface area (Å²) in [7, 11) is -7.39. The smallest absolute Gasteiger partial charge is 0.306 e. The summed E-state index contributed by atoms with van der Waals surface area (Å²) in [6, 6.07) is 9.95. The summed E-state index contributed by atoms with van der Waals surface area (Å²) in [6.07, 6.45) is 3.00. The molecule has 2 atom stereocenters. The number of esters is 1. The van der Waals surface area contributed by atoms with Crippen LogP contribution in [0.2, 0.25) is 0 Å². The maximum absolute atomic E-state index is 13.7. The molecule has 2 aromatic heterocycles.